The number of sulfone groups is 1. The lowest BCUT2D eigenvalue weighted by molar-refractivity contribution is -0.116. The van der Waals surface area contributed by atoms with E-state index < -0.39 is 15.1 Å². The molecular weight excluding hydrogens is 434 g/mol. The molecule has 6 heteroatoms. The number of methoxy groups -OCH3 is 1. The van der Waals surface area contributed by atoms with Crippen molar-refractivity contribution >= 4 is 21.4 Å². The van der Waals surface area contributed by atoms with Gasteiger partial charge in [0.15, 0.2) is 9.84 Å². The molecule has 0 heterocycles. The standard InChI is InChI=1S/C27H31NO4S/c1-4-22(5-2)33(30,31)23-16-17-26(32-3)25(18-23)28-27(29)19-24(20-12-8-6-9-13-20)21-14-10-7-11-15-21/h6-18,22,24H,4-5,19H2,1-3H3,(H,28,29). The Bertz CT molecular complexity index is 1120. The zero-order valence-corrected chi connectivity index (χ0v) is 20.1. The van der Waals surface area contributed by atoms with Crippen LogP contribution in [0, 0.1) is 0 Å². The van der Waals surface area contributed by atoms with Crippen LogP contribution in [0.5, 0.6) is 5.75 Å². The van der Waals surface area contributed by atoms with E-state index in [4.69, 9.17) is 4.74 Å². The van der Waals surface area contributed by atoms with Crippen LogP contribution >= 0.6 is 0 Å². The largest absolute Gasteiger partial charge is 0.495 e. The lowest BCUT2D eigenvalue weighted by Crippen LogP contribution is -2.21. The molecule has 0 aliphatic carbocycles. The molecule has 0 bridgehead atoms. The molecule has 0 fully saturated rings. The second kappa shape index (κ2) is 11.1. The van der Waals surface area contributed by atoms with Crippen LogP contribution in [0.4, 0.5) is 5.69 Å². The van der Waals surface area contributed by atoms with E-state index in [1.165, 1.54) is 13.2 Å². The SMILES string of the molecule is CCC(CC)S(=O)(=O)c1ccc(OC)c(NC(=O)CC(c2ccccc2)c2ccccc2)c1. The van der Waals surface area contributed by atoms with E-state index in [1.807, 2.05) is 74.5 Å². The smallest absolute Gasteiger partial charge is 0.225 e. The summed E-state index contributed by atoms with van der Waals surface area (Å²) in [7, 11) is -2.00. The first-order valence-electron chi connectivity index (χ1n) is 11.2. The van der Waals surface area contributed by atoms with Gasteiger partial charge in [-0.2, -0.15) is 0 Å². The minimum atomic E-state index is -3.50. The average Bonchev–Trinajstić information content (AvgIpc) is 2.84. The van der Waals surface area contributed by atoms with Gasteiger partial charge in [-0.05, 0) is 42.2 Å². The molecule has 3 rings (SSSR count). The van der Waals surface area contributed by atoms with E-state index >= 15 is 0 Å². The van der Waals surface area contributed by atoms with Gasteiger partial charge in [0.2, 0.25) is 5.91 Å². The van der Waals surface area contributed by atoms with Crippen molar-refractivity contribution in [2.24, 2.45) is 0 Å². The van der Waals surface area contributed by atoms with Crippen LogP contribution in [0.3, 0.4) is 0 Å². The predicted octanol–water partition coefficient (Wildman–Crippen LogP) is 5.82. The number of carbonyl (C=O) groups excluding carboxylic acids is 1. The second-order valence-electron chi connectivity index (χ2n) is 7.97. The van der Waals surface area contributed by atoms with Crippen molar-refractivity contribution in [2.45, 2.75) is 49.2 Å². The van der Waals surface area contributed by atoms with Crippen molar-refractivity contribution in [1.29, 1.82) is 0 Å². The number of hydrogen-bond acceptors (Lipinski definition) is 4. The monoisotopic (exact) mass is 465 g/mol. The first kappa shape index (κ1) is 24.5. The summed E-state index contributed by atoms with van der Waals surface area (Å²) in [5.74, 6) is 0.0702. The number of rotatable bonds is 10. The Labute approximate surface area is 196 Å². The molecule has 5 nitrogen and oxygen atoms in total. The van der Waals surface area contributed by atoms with Gasteiger partial charge in [0.05, 0.1) is 22.9 Å². The molecule has 0 radical (unpaired) electrons. The van der Waals surface area contributed by atoms with Crippen LogP contribution in [0.2, 0.25) is 0 Å². The Morgan fingerprint density at radius 1 is 0.879 bits per heavy atom. The number of benzene rings is 3. The van der Waals surface area contributed by atoms with Crippen LogP contribution in [0.25, 0.3) is 0 Å². The summed E-state index contributed by atoms with van der Waals surface area (Å²) in [6.45, 7) is 3.73. The van der Waals surface area contributed by atoms with Gasteiger partial charge in [0.1, 0.15) is 5.75 Å². The summed E-state index contributed by atoms with van der Waals surface area (Å²) < 4.78 is 31.4. The molecule has 1 amide bonds. The number of hydrogen-bond donors (Lipinski definition) is 1. The molecule has 3 aromatic carbocycles. The van der Waals surface area contributed by atoms with Crippen molar-refractivity contribution in [3.8, 4) is 5.75 Å². The normalized spacial score (nSPS) is 11.5. The molecule has 0 aliphatic heterocycles. The van der Waals surface area contributed by atoms with Crippen LogP contribution in [-0.2, 0) is 14.6 Å². The van der Waals surface area contributed by atoms with Gasteiger partial charge in [-0.3, -0.25) is 4.79 Å². The Morgan fingerprint density at radius 2 is 1.42 bits per heavy atom. The molecule has 0 unspecified atom stereocenters. The molecular formula is C27H31NO4S. The van der Waals surface area contributed by atoms with Gasteiger partial charge in [0.25, 0.3) is 0 Å². The summed E-state index contributed by atoms with van der Waals surface area (Å²) in [5.41, 5.74) is 2.43. The number of carbonyl (C=O) groups is 1. The molecule has 0 atom stereocenters. The average molecular weight is 466 g/mol. The zero-order chi connectivity index (χ0) is 23.8. The summed E-state index contributed by atoms with van der Waals surface area (Å²) >= 11 is 0. The minimum absolute atomic E-state index is 0.130. The van der Waals surface area contributed by atoms with Crippen LogP contribution in [0.1, 0.15) is 50.2 Å². The fourth-order valence-corrected chi connectivity index (χ4v) is 5.87. The van der Waals surface area contributed by atoms with Crippen molar-refractivity contribution in [1.82, 2.24) is 0 Å². The van der Waals surface area contributed by atoms with Gasteiger partial charge in [-0.1, -0.05) is 74.5 Å². The Morgan fingerprint density at radius 3 is 1.91 bits per heavy atom. The minimum Gasteiger partial charge on any atom is -0.495 e. The van der Waals surface area contributed by atoms with Crippen molar-refractivity contribution in [2.75, 3.05) is 12.4 Å². The van der Waals surface area contributed by atoms with Gasteiger partial charge < -0.3 is 10.1 Å². The molecule has 1 N–H and O–H groups in total. The molecule has 174 valence electrons. The van der Waals surface area contributed by atoms with Gasteiger partial charge >= 0.3 is 0 Å². The molecule has 0 saturated heterocycles. The topological polar surface area (TPSA) is 72.5 Å². The van der Waals surface area contributed by atoms with Crippen LogP contribution in [-0.4, -0.2) is 26.7 Å². The molecule has 33 heavy (non-hydrogen) atoms. The Balaban J connectivity index is 1.89. The molecule has 0 spiro atoms. The first-order valence-corrected chi connectivity index (χ1v) is 12.8. The summed E-state index contributed by atoms with van der Waals surface area (Å²) in [4.78, 5) is 13.3. The van der Waals surface area contributed by atoms with E-state index in [-0.39, 0.29) is 23.1 Å². The highest BCUT2D eigenvalue weighted by Gasteiger charge is 2.26. The van der Waals surface area contributed by atoms with Crippen molar-refractivity contribution in [3.63, 3.8) is 0 Å². The van der Waals surface area contributed by atoms with Crippen molar-refractivity contribution < 1.29 is 17.9 Å². The maximum atomic E-state index is 13.1. The number of anilines is 1. The molecule has 0 saturated carbocycles. The van der Waals surface area contributed by atoms with E-state index in [1.54, 1.807) is 12.1 Å². The number of amides is 1. The summed E-state index contributed by atoms with van der Waals surface area (Å²) in [5, 5.41) is 2.43. The van der Waals surface area contributed by atoms with Gasteiger partial charge in [-0.15, -0.1) is 0 Å². The lowest BCUT2D eigenvalue weighted by Gasteiger charge is -2.19. The third kappa shape index (κ3) is 5.82. The highest BCUT2D eigenvalue weighted by atomic mass is 32.2. The highest BCUT2D eigenvalue weighted by Crippen LogP contribution is 2.32. The quantitative estimate of drug-likeness (QED) is 0.410. The predicted molar refractivity (Wildman–Crippen MR) is 133 cm³/mol. The van der Waals surface area contributed by atoms with Gasteiger partial charge in [0, 0.05) is 12.3 Å². The van der Waals surface area contributed by atoms with Gasteiger partial charge in [-0.25, -0.2) is 8.42 Å². The highest BCUT2D eigenvalue weighted by molar-refractivity contribution is 7.92. The number of nitrogens with one attached hydrogen (secondary N) is 1. The first-order chi connectivity index (χ1) is 15.9. The summed E-state index contributed by atoms with van der Waals surface area (Å²) in [6, 6.07) is 24.4. The second-order valence-corrected chi connectivity index (χ2v) is 10.2. The van der Waals surface area contributed by atoms with E-state index in [0.717, 1.165) is 11.1 Å². The Kier molecular flexibility index (Phi) is 8.28. The summed E-state index contributed by atoms with van der Waals surface area (Å²) in [6.07, 6.45) is 1.27. The van der Waals surface area contributed by atoms with Crippen LogP contribution in [0.15, 0.2) is 83.8 Å². The Hall–Kier alpha value is -3.12. The fraction of sp³-hybridized carbons (Fsp3) is 0.296. The number of ether oxygens (including phenoxy) is 1. The maximum absolute atomic E-state index is 13.1. The zero-order valence-electron chi connectivity index (χ0n) is 19.3. The lowest BCUT2D eigenvalue weighted by atomic mass is 9.88. The molecule has 0 aromatic heterocycles. The third-order valence-electron chi connectivity index (χ3n) is 5.92. The van der Waals surface area contributed by atoms with E-state index in [9.17, 15) is 13.2 Å². The maximum Gasteiger partial charge on any atom is 0.225 e. The van der Waals surface area contributed by atoms with E-state index in [0.29, 0.717) is 24.3 Å². The third-order valence-corrected chi connectivity index (χ3v) is 8.37. The van der Waals surface area contributed by atoms with Crippen molar-refractivity contribution in [3.05, 3.63) is 90.0 Å². The molecule has 3 aromatic rings. The molecule has 0 aliphatic rings. The fourth-order valence-electron chi connectivity index (χ4n) is 4.07. The van der Waals surface area contributed by atoms with Crippen LogP contribution < -0.4 is 10.1 Å². The van der Waals surface area contributed by atoms with E-state index in [2.05, 4.69) is 5.32 Å².